The fraction of sp³-hybridized carbons (Fsp3) is 0.312. The molecule has 122 valence electrons. The lowest BCUT2D eigenvalue weighted by molar-refractivity contribution is -0.142. The molecule has 0 aliphatic carbocycles. The van der Waals surface area contributed by atoms with Gasteiger partial charge in [-0.2, -0.15) is 0 Å². The summed E-state index contributed by atoms with van der Waals surface area (Å²) >= 11 is 2.96. The highest BCUT2D eigenvalue weighted by Gasteiger charge is 2.11. The van der Waals surface area contributed by atoms with Gasteiger partial charge in [0.05, 0.1) is 25.1 Å². The highest BCUT2D eigenvalue weighted by atomic mass is 32.2. The van der Waals surface area contributed by atoms with E-state index < -0.39 is 0 Å². The fourth-order valence-corrected chi connectivity index (χ4v) is 3.03. The molecular weight excluding hydrogens is 332 g/mol. The van der Waals surface area contributed by atoms with Crippen molar-refractivity contribution in [3.05, 3.63) is 40.9 Å². The van der Waals surface area contributed by atoms with Gasteiger partial charge in [-0.25, -0.2) is 4.98 Å². The molecule has 2 aromatic rings. The second-order valence-corrected chi connectivity index (χ2v) is 6.44. The summed E-state index contributed by atoms with van der Waals surface area (Å²) in [5.41, 5.74) is 1.55. The Morgan fingerprint density at radius 1 is 1.26 bits per heavy atom. The van der Waals surface area contributed by atoms with E-state index in [9.17, 15) is 9.59 Å². The summed E-state index contributed by atoms with van der Waals surface area (Å²) in [6.07, 6.45) is 2.43. The Kier molecular flexibility index (Phi) is 6.61. The summed E-state index contributed by atoms with van der Waals surface area (Å²) in [6, 6.07) is 7.88. The molecule has 23 heavy (non-hydrogen) atoms. The summed E-state index contributed by atoms with van der Waals surface area (Å²) in [5.74, 6) is -0.441. The van der Waals surface area contributed by atoms with E-state index in [0.29, 0.717) is 23.9 Å². The number of esters is 1. The van der Waals surface area contributed by atoms with E-state index in [1.54, 1.807) is 24.1 Å². The van der Waals surface area contributed by atoms with E-state index in [4.69, 9.17) is 4.74 Å². The smallest absolute Gasteiger partial charge is 0.311 e. The molecule has 0 radical (unpaired) electrons. The summed E-state index contributed by atoms with van der Waals surface area (Å²) < 4.78 is 4.87. The van der Waals surface area contributed by atoms with Crippen LogP contribution in [0.1, 0.15) is 18.2 Å². The molecule has 0 spiro atoms. The Bertz CT molecular complexity index is 668. The molecule has 0 atom stereocenters. The Morgan fingerprint density at radius 2 is 2.00 bits per heavy atom. The van der Waals surface area contributed by atoms with Crippen LogP contribution in [0.5, 0.6) is 0 Å². The molecule has 0 saturated heterocycles. The number of amides is 1. The number of hydrogen-bond acceptors (Lipinski definition) is 6. The van der Waals surface area contributed by atoms with E-state index in [1.807, 2.05) is 30.5 Å². The Labute approximate surface area is 143 Å². The standard InChI is InChI=1S/C16H18N2O3S2/c1-3-21-15(20)9-12-10-23-16(17-12)18-14(19)8-11-4-6-13(22-2)7-5-11/h4-7,10H,3,8-9H2,1-2H3,(H,17,18,19). The second-order valence-electron chi connectivity index (χ2n) is 4.70. The number of thiazole rings is 1. The van der Waals surface area contributed by atoms with Gasteiger partial charge in [-0.15, -0.1) is 23.1 Å². The molecule has 1 heterocycles. The van der Waals surface area contributed by atoms with Gasteiger partial charge in [0.2, 0.25) is 5.91 Å². The zero-order valence-corrected chi connectivity index (χ0v) is 14.6. The highest BCUT2D eigenvalue weighted by Crippen LogP contribution is 2.18. The normalized spacial score (nSPS) is 10.3. The van der Waals surface area contributed by atoms with Crippen LogP contribution in [-0.4, -0.2) is 29.7 Å². The molecule has 0 bridgehead atoms. The van der Waals surface area contributed by atoms with Crippen LogP contribution in [0.2, 0.25) is 0 Å². The van der Waals surface area contributed by atoms with Crippen LogP contribution in [-0.2, 0) is 27.2 Å². The summed E-state index contributed by atoms with van der Waals surface area (Å²) in [4.78, 5) is 28.8. The number of anilines is 1. The number of carbonyl (C=O) groups excluding carboxylic acids is 2. The quantitative estimate of drug-likeness (QED) is 0.614. The lowest BCUT2D eigenvalue weighted by atomic mass is 10.1. The van der Waals surface area contributed by atoms with Gasteiger partial charge in [0.1, 0.15) is 0 Å². The van der Waals surface area contributed by atoms with Gasteiger partial charge in [-0.3, -0.25) is 9.59 Å². The molecule has 0 saturated carbocycles. The zero-order chi connectivity index (χ0) is 16.7. The van der Waals surface area contributed by atoms with Gasteiger partial charge in [-0.1, -0.05) is 12.1 Å². The van der Waals surface area contributed by atoms with Crippen LogP contribution >= 0.6 is 23.1 Å². The van der Waals surface area contributed by atoms with Crippen LogP contribution in [0.3, 0.4) is 0 Å². The summed E-state index contributed by atoms with van der Waals surface area (Å²) in [6.45, 7) is 2.11. The van der Waals surface area contributed by atoms with Crippen LogP contribution in [0, 0.1) is 0 Å². The average molecular weight is 350 g/mol. The van der Waals surface area contributed by atoms with Crippen molar-refractivity contribution < 1.29 is 14.3 Å². The molecule has 1 aromatic carbocycles. The average Bonchev–Trinajstić information content (AvgIpc) is 2.95. The second kappa shape index (κ2) is 8.69. The minimum atomic E-state index is -0.315. The Morgan fingerprint density at radius 3 is 2.65 bits per heavy atom. The maximum atomic E-state index is 12.0. The van der Waals surface area contributed by atoms with Crippen LogP contribution in [0.15, 0.2) is 34.5 Å². The zero-order valence-electron chi connectivity index (χ0n) is 13.0. The number of aromatic nitrogens is 1. The summed E-state index contributed by atoms with van der Waals surface area (Å²) in [7, 11) is 0. The number of rotatable bonds is 7. The van der Waals surface area contributed by atoms with Gasteiger partial charge < -0.3 is 10.1 Å². The number of hydrogen-bond donors (Lipinski definition) is 1. The number of thioether (sulfide) groups is 1. The Balaban J connectivity index is 1.87. The SMILES string of the molecule is CCOC(=O)Cc1csc(NC(=O)Cc2ccc(SC)cc2)n1. The molecule has 2 rings (SSSR count). The maximum absolute atomic E-state index is 12.0. The van der Waals surface area contributed by atoms with Crippen molar-refractivity contribution in [1.29, 1.82) is 0 Å². The third-order valence-corrected chi connectivity index (χ3v) is 4.50. The highest BCUT2D eigenvalue weighted by molar-refractivity contribution is 7.98. The largest absolute Gasteiger partial charge is 0.466 e. The van der Waals surface area contributed by atoms with Crippen LogP contribution in [0.25, 0.3) is 0 Å². The molecule has 0 fully saturated rings. The van der Waals surface area contributed by atoms with Crippen molar-refractivity contribution in [2.45, 2.75) is 24.7 Å². The van der Waals surface area contributed by atoms with Gasteiger partial charge in [-0.05, 0) is 30.9 Å². The number of nitrogens with zero attached hydrogens (tertiary/aromatic N) is 1. The van der Waals surface area contributed by atoms with Crippen LogP contribution in [0.4, 0.5) is 5.13 Å². The molecular formula is C16H18N2O3S2. The molecule has 1 amide bonds. The van der Waals surface area contributed by atoms with Crippen molar-refractivity contribution in [2.24, 2.45) is 0 Å². The third-order valence-electron chi connectivity index (χ3n) is 2.95. The van der Waals surface area contributed by atoms with Crippen LogP contribution < -0.4 is 5.32 Å². The molecule has 0 aliphatic heterocycles. The monoisotopic (exact) mass is 350 g/mol. The molecule has 0 unspecified atom stereocenters. The lowest BCUT2D eigenvalue weighted by Gasteiger charge is -2.03. The van der Waals surface area contributed by atoms with E-state index in [1.165, 1.54) is 11.3 Å². The van der Waals surface area contributed by atoms with Crippen molar-refractivity contribution in [3.8, 4) is 0 Å². The van der Waals surface area contributed by atoms with E-state index in [-0.39, 0.29) is 18.3 Å². The topological polar surface area (TPSA) is 68.3 Å². The first kappa shape index (κ1) is 17.5. The minimum absolute atomic E-state index is 0.121. The van der Waals surface area contributed by atoms with Gasteiger partial charge >= 0.3 is 5.97 Å². The van der Waals surface area contributed by atoms with E-state index >= 15 is 0 Å². The lowest BCUT2D eigenvalue weighted by Crippen LogP contribution is -2.14. The number of benzene rings is 1. The van der Waals surface area contributed by atoms with E-state index in [0.717, 1.165) is 10.5 Å². The first-order valence-electron chi connectivity index (χ1n) is 7.13. The fourth-order valence-electron chi connectivity index (χ4n) is 1.90. The number of carbonyl (C=O) groups is 2. The van der Waals surface area contributed by atoms with Gasteiger partial charge in [0, 0.05) is 10.3 Å². The maximum Gasteiger partial charge on any atom is 0.311 e. The molecule has 1 aromatic heterocycles. The first-order valence-corrected chi connectivity index (χ1v) is 9.24. The van der Waals surface area contributed by atoms with Crippen molar-refractivity contribution in [1.82, 2.24) is 4.98 Å². The van der Waals surface area contributed by atoms with Gasteiger partial charge in [0.25, 0.3) is 0 Å². The third kappa shape index (κ3) is 5.69. The van der Waals surface area contributed by atoms with Gasteiger partial charge in [0.15, 0.2) is 5.13 Å². The number of ether oxygens (including phenoxy) is 1. The Hall–Kier alpha value is -1.86. The van der Waals surface area contributed by atoms with E-state index in [2.05, 4.69) is 10.3 Å². The molecule has 1 N–H and O–H groups in total. The predicted molar refractivity (Wildman–Crippen MR) is 93.0 cm³/mol. The molecule has 0 aliphatic rings. The van der Waals surface area contributed by atoms with Crippen molar-refractivity contribution >= 4 is 40.1 Å². The number of nitrogens with one attached hydrogen (secondary N) is 1. The minimum Gasteiger partial charge on any atom is -0.466 e. The predicted octanol–water partition coefficient (Wildman–Crippen LogP) is 3.15. The van der Waals surface area contributed by atoms with Crippen molar-refractivity contribution in [2.75, 3.05) is 18.2 Å². The molecule has 5 nitrogen and oxygen atoms in total. The summed E-state index contributed by atoms with van der Waals surface area (Å²) in [5, 5.41) is 5.00. The molecule has 7 heteroatoms. The van der Waals surface area contributed by atoms with Crippen molar-refractivity contribution in [3.63, 3.8) is 0 Å². The first-order chi connectivity index (χ1) is 11.1.